The number of rotatable bonds is 6. The van der Waals surface area contributed by atoms with Crippen molar-refractivity contribution < 1.29 is 9.53 Å². The third-order valence-corrected chi connectivity index (χ3v) is 4.08. The number of hydrogen-bond donors (Lipinski definition) is 1. The standard InChI is InChI=1S/C17H24N6O2/c1-21(17(24)18-7-8-22-9-11-25-12-10-22)14-15-13-19-23(20-15)16-5-3-2-4-6-16/h2-6,13H,7-12,14H2,1H3,(H,18,24). The van der Waals surface area contributed by atoms with Crippen LogP contribution < -0.4 is 5.32 Å². The molecule has 0 atom stereocenters. The number of carbonyl (C=O) groups excluding carboxylic acids is 1. The van der Waals surface area contributed by atoms with Crippen molar-refractivity contribution in [3.8, 4) is 5.69 Å². The first-order valence-electron chi connectivity index (χ1n) is 8.48. The van der Waals surface area contributed by atoms with Crippen LogP contribution in [0.25, 0.3) is 5.69 Å². The van der Waals surface area contributed by atoms with Crippen LogP contribution in [0.5, 0.6) is 0 Å². The molecule has 8 nitrogen and oxygen atoms in total. The predicted octanol–water partition coefficient (Wildman–Crippen LogP) is 0.741. The van der Waals surface area contributed by atoms with E-state index in [-0.39, 0.29) is 6.03 Å². The van der Waals surface area contributed by atoms with Gasteiger partial charge in [-0.1, -0.05) is 18.2 Å². The summed E-state index contributed by atoms with van der Waals surface area (Å²) in [5.74, 6) is 0. The van der Waals surface area contributed by atoms with Crippen LogP contribution in [0.2, 0.25) is 0 Å². The van der Waals surface area contributed by atoms with Gasteiger partial charge < -0.3 is 15.0 Å². The van der Waals surface area contributed by atoms with Crippen LogP contribution in [0.3, 0.4) is 0 Å². The molecule has 0 aliphatic carbocycles. The Labute approximate surface area is 147 Å². The number of benzene rings is 1. The summed E-state index contributed by atoms with van der Waals surface area (Å²) in [5.41, 5.74) is 1.64. The lowest BCUT2D eigenvalue weighted by Gasteiger charge is -2.27. The number of para-hydroxylation sites is 1. The van der Waals surface area contributed by atoms with E-state index >= 15 is 0 Å². The van der Waals surface area contributed by atoms with Gasteiger partial charge in [-0.3, -0.25) is 4.90 Å². The van der Waals surface area contributed by atoms with Crippen LogP contribution in [-0.4, -0.2) is 77.3 Å². The summed E-state index contributed by atoms with van der Waals surface area (Å²) in [6.45, 7) is 5.27. The van der Waals surface area contributed by atoms with Crippen LogP contribution in [0.1, 0.15) is 5.69 Å². The van der Waals surface area contributed by atoms with Crippen molar-refractivity contribution in [3.05, 3.63) is 42.2 Å². The molecule has 8 heteroatoms. The highest BCUT2D eigenvalue weighted by atomic mass is 16.5. The van der Waals surface area contributed by atoms with E-state index in [4.69, 9.17) is 4.74 Å². The lowest BCUT2D eigenvalue weighted by molar-refractivity contribution is 0.0386. The maximum atomic E-state index is 12.2. The van der Waals surface area contributed by atoms with Gasteiger partial charge in [0.1, 0.15) is 5.69 Å². The van der Waals surface area contributed by atoms with E-state index in [9.17, 15) is 4.79 Å². The summed E-state index contributed by atoms with van der Waals surface area (Å²) in [4.78, 5) is 17.6. The van der Waals surface area contributed by atoms with Gasteiger partial charge in [-0.15, -0.1) is 0 Å². The van der Waals surface area contributed by atoms with Gasteiger partial charge in [-0.2, -0.15) is 15.0 Å². The Morgan fingerprint density at radius 1 is 1.28 bits per heavy atom. The molecule has 1 aromatic carbocycles. The van der Waals surface area contributed by atoms with Gasteiger partial charge in [0.2, 0.25) is 0 Å². The molecule has 1 fully saturated rings. The highest BCUT2D eigenvalue weighted by Gasteiger charge is 2.13. The van der Waals surface area contributed by atoms with Gasteiger partial charge >= 0.3 is 6.03 Å². The van der Waals surface area contributed by atoms with Crippen LogP contribution in [0.4, 0.5) is 4.79 Å². The van der Waals surface area contributed by atoms with Crippen molar-refractivity contribution in [2.45, 2.75) is 6.54 Å². The summed E-state index contributed by atoms with van der Waals surface area (Å²) in [7, 11) is 1.76. The highest BCUT2D eigenvalue weighted by Crippen LogP contribution is 2.05. The van der Waals surface area contributed by atoms with Crippen molar-refractivity contribution >= 4 is 6.03 Å². The number of nitrogens with one attached hydrogen (secondary N) is 1. The summed E-state index contributed by atoms with van der Waals surface area (Å²) in [5, 5.41) is 11.6. The first-order chi connectivity index (χ1) is 12.2. The minimum absolute atomic E-state index is 0.109. The maximum Gasteiger partial charge on any atom is 0.317 e. The molecule has 0 unspecified atom stereocenters. The Bertz CT molecular complexity index is 669. The first-order valence-corrected chi connectivity index (χ1v) is 8.48. The average molecular weight is 344 g/mol. The zero-order valence-corrected chi connectivity index (χ0v) is 14.5. The quantitative estimate of drug-likeness (QED) is 0.837. The van der Waals surface area contributed by atoms with Gasteiger partial charge in [0.25, 0.3) is 0 Å². The van der Waals surface area contributed by atoms with Gasteiger partial charge in [0.05, 0.1) is 31.6 Å². The number of nitrogens with zero attached hydrogens (tertiary/aromatic N) is 5. The van der Waals surface area contributed by atoms with Crippen LogP contribution in [0, 0.1) is 0 Å². The lowest BCUT2D eigenvalue weighted by Crippen LogP contribution is -2.44. The second kappa shape index (κ2) is 8.59. The molecule has 1 aliphatic rings. The molecular formula is C17H24N6O2. The largest absolute Gasteiger partial charge is 0.379 e. The van der Waals surface area contributed by atoms with Crippen molar-refractivity contribution in [2.24, 2.45) is 0 Å². The number of hydrogen-bond acceptors (Lipinski definition) is 5. The van der Waals surface area contributed by atoms with Gasteiger partial charge in [-0.05, 0) is 12.1 Å². The van der Waals surface area contributed by atoms with Crippen molar-refractivity contribution in [1.82, 2.24) is 30.1 Å². The SMILES string of the molecule is CN(Cc1cnn(-c2ccccc2)n1)C(=O)NCCN1CCOCC1. The van der Waals surface area contributed by atoms with Gasteiger partial charge in [-0.25, -0.2) is 4.79 Å². The molecule has 134 valence electrons. The van der Waals surface area contributed by atoms with Crippen LogP contribution >= 0.6 is 0 Å². The highest BCUT2D eigenvalue weighted by molar-refractivity contribution is 5.73. The van der Waals surface area contributed by atoms with E-state index in [2.05, 4.69) is 20.4 Å². The lowest BCUT2D eigenvalue weighted by atomic mass is 10.3. The Hall–Kier alpha value is -2.45. The Morgan fingerprint density at radius 2 is 2.04 bits per heavy atom. The molecule has 25 heavy (non-hydrogen) atoms. The van der Waals surface area contributed by atoms with Gasteiger partial charge in [0.15, 0.2) is 0 Å². The Kier molecular flexibility index (Phi) is 5.97. The van der Waals surface area contributed by atoms with E-state index in [0.29, 0.717) is 13.1 Å². The Balaban J connectivity index is 1.44. The number of aromatic nitrogens is 3. The summed E-state index contributed by atoms with van der Waals surface area (Å²) >= 11 is 0. The van der Waals surface area contributed by atoms with E-state index in [0.717, 1.165) is 44.2 Å². The van der Waals surface area contributed by atoms with Crippen LogP contribution in [0.15, 0.2) is 36.5 Å². The summed E-state index contributed by atoms with van der Waals surface area (Å²) < 4.78 is 5.31. The molecule has 0 radical (unpaired) electrons. The Morgan fingerprint density at radius 3 is 2.80 bits per heavy atom. The fourth-order valence-electron chi connectivity index (χ4n) is 2.65. The predicted molar refractivity (Wildman–Crippen MR) is 93.5 cm³/mol. The molecule has 0 bridgehead atoms. The molecule has 1 saturated heterocycles. The number of morpholine rings is 1. The summed E-state index contributed by atoms with van der Waals surface area (Å²) in [6, 6.07) is 9.59. The molecule has 2 heterocycles. The molecule has 3 rings (SSSR count). The zero-order valence-electron chi connectivity index (χ0n) is 14.5. The van der Waals surface area contributed by atoms with E-state index in [1.54, 1.807) is 22.9 Å². The maximum absolute atomic E-state index is 12.2. The number of carbonyl (C=O) groups is 1. The van der Waals surface area contributed by atoms with E-state index in [1.165, 1.54) is 0 Å². The van der Waals surface area contributed by atoms with E-state index < -0.39 is 0 Å². The molecule has 0 spiro atoms. The number of ether oxygens (including phenoxy) is 1. The zero-order chi connectivity index (χ0) is 17.5. The molecular weight excluding hydrogens is 320 g/mol. The van der Waals surface area contributed by atoms with Crippen molar-refractivity contribution in [2.75, 3.05) is 46.4 Å². The minimum Gasteiger partial charge on any atom is -0.379 e. The molecule has 0 saturated carbocycles. The third-order valence-electron chi connectivity index (χ3n) is 4.08. The fraction of sp³-hybridized carbons (Fsp3) is 0.471. The normalized spacial score (nSPS) is 15.1. The first kappa shape index (κ1) is 17.4. The molecule has 1 aromatic heterocycles. The number of amides is 2. The smallest absolute Gasteiger partial charge is 0.317 e. The van der Waals surface area contributed by atoms with E-state index in [1.807, 2.05) is 30.3 Å². The monoisotopic (exact) mass is 344 g/mol. The fourth-order valence-corrected chi connectivity index (χ4v) is 2.65. The number of urea groups is 1. The molecule has 2 amide bonds. The second-order valence-electron chi connectivity index (χ2n) is 6.00. The van der Waals surface area contributed by atoms with Crippen LogP contribution in [-0.2, 0) is 11.3 Å². The van der Waals surface area contributed by atoms with Crippen molar-refractivity contribution in [3.63, 3.8) is 0 Å². The topological polar surface area (TPSA) is 75.5 Å². The van der Waals surface area contributed by atoms with Gasteiger partial charge in [0, 0.05) is 33.2 Å². The second-order valence-corrected chi connectivity index (χ2v) is 6.00. The average Bonchev–Trinajstić information content (AvgIpc) is 3.12. The summed E-state index contributed by atoms with van der Waals surface area (Å²) in [6.07, 6.45) is 1.69. The third kappa shape index (κ3) is 5.01. The molecule has 1 N–H and O–H groups in total. The van der Waals surface area contributed by atoms with Crippen molar-refractivity contribution in [1.29, 1.82) is 0 Å². The molecule has 2 aromatic rings. The molecule has 1 aliphatic heterocycles. The minimum atomic E-state index is -0.109.